The van der Waals surface area contributed by atoms with Crippen LogP contribution in [0.15, 0.2) is 0 Å². The maximum Gasteiger partial charge on any atom is 0.256 e. The number of amides is 1. The Morgan fingerprint density at radius 3 is 2.68 bits per heavy atom. The highest BCUT2D eigenvalue weighted by molar-refractivity contribution is 6.07. The second-order valence-electron chi connectivity index (χ2n) is 5.63. The third-order valence-electron chi connectivity index (χ3n) is 4.26. The molecule has 2 rings (SSSR count). The van der Waals surface area contributed by atoms with E-state index in [4.69, 9.17) is 11.3 Å². The van der Waals surface area contributed by atoms with Crippen molar-refractivity contribution < 1.29 is 4.79 Å². The van der Waals surface area contributed by atoms with Crippen LogP contribution in [0.3, 0.4) is 0 Å². The van der Waals surface area contributed by atoms with E-state index in [1.54, 1.807) is 7.05 Å². The molecule has 1 aliphatic heterocycles. The summed E-state index contributed by atoms with van der Waals surface area (Å²) in [4.78, 5) is 13.8. The zero-order chi connectivity index (χ0) is 13.9. The van der Waals surface area contributed by atoms with Gasteiger partial charge in [-0.05, 0) is 12.3 Å². The van der Waals surface area contributed by atoms with Gasteiger partial charge in [-0.1, -0.05) is 32.1 Å². The second kappa shape index (κ2) is 5.85. The molecule has 7 heteroatoms. The number of hydrogen-bond donors (Lipinski definition) is 5. The summed E-state index contributed by atoms with van der Waals surface area (Å²) in [6.45, 7) is 0.381. The number of likely N-dealkylation sites (N-methyl/N-ethyl adjacent to an activating group) is 1. The highest BCUT2D eigenvalue weighted by Gasteiger charge is 2.48. The zero-order valence-corrected chi connectivity index (χ0v) is 11.5. The summed E-state index contributed by atoms with van der Waals surface area (Å²) in [5, 5.41) is 10.9. The van der Waals surface area contributed by atoms with Gasteiger partial charge in [-0.15, -0.1) is 0 Å². The topological polar surface area (TPSA) is 106 Å². The lowest BCUT2D eigenvalue weighted by molar-refractivity contribution is -0.130. The van der Waals surface area contributed by atoms with Crippen LogP contribution in [0, 0.1) is 11.3 Å². The Labute approximate surface area is 113 Å². The fraction of sp³-hybridized carbons (Fsp3) is 0.833. The summed E-state index contributed by atoms with van der Waals surface area (Å²) in [6, 6.07) is 0. The van der Waals surface area contributed by atoms with Gasteiger partial charge in [-0.3, -0.25) is 20.9 Å². The Kier molecular flexibility index (Phi) is 4.38. The van der Waals surface area contributed by atoms with Gasteiger partial charge in [0.15, 0.2) is 5.96 Å². The lowest BCUT2D eigenvalue weighted by atomic mass is 9.79. The smallest absolute Gasteiger partial charge is 0.256 e. The molecule has 19 heavy (non-hydrogen) atoms. The van der Waals surface area contributed by atoms with Crippen LogP contribution in [-0.4, -0.2) is 35.9 Å². The molecule has 1 heterocycles. The molecule has 0 bridgehead atoms. The quantitative estimate of drug-likeness (QED) is 0.346. The lowest BCUT2D eigenvalue weighted by Crippen LogP contribution is -2.58. The highest BCUT2D eigenvalue weighted by Crippen LogP contribution is 2.33. The Bertz CT molecular complexity index is 354. The van der Waals surface area contributed by atoms with E-state index in [0.717, 1.165) is 6.42 Å². The largest absolute Gasteiger partial charge is 0.341 e. The van der Waals surface area contributed by atoms with E-state index in [-0.39, 0.29) is 11.9 Å². The van der Waals surface area contributed by atoms with E-state index in [0.29, 0.717) is 12.5 Å². The van der Waals surface area contributed by atoms with Gasteiger partial charge < -0.3 is 5.32 Å². The molecule has 1 amide bonds. The van der Waals surface area contributed by atoms with E-state index in [1.807, 2.05) is 0 Å². The number of hydrogen-bond acceptors (Lipinski definition) is 5. The molecule has 0 aromatic rings. The van der Waals surface area contributed by atoms with Crippen LogP contribution in [0.25, 0.3) is 0 Å². The molecule has 0 radical (unpaired) electrons. The third kappa shape index (κ3) is 2.88. The molecule has 6 N–H and O–H groups in total. The average molecular weight is 268 g/mol. The van der Waals surface area contributed by atoms with Crippen LogP contribution in [0.1, 0.15) is 38.5 Å². The first-order valence-electron chi connectivity index (χ1n) is 6.92. The van der Waals surface area contributed by atoms with Gasteiger partial charge in [0.2, 0.25) is 0 Å². The number of rotatable bonds is 5. The van der Waals surface area contributed by atoms with Crippen LogP contribution >= 0.6 is 0 Å². The van der Waals surface area contributed by atoms with Gasteiger partial charge in [-0.2, -0.15) is 5.53 Å². The molecule has 0 spiro atoms. The molecule has 2 fully saturated rings. The molecule has 108 valence electrons. The zero-order valence-electron chi connectivity index (χ0n) is 11.5. The molecule has 1 atom stereocenters. The molecule has 1 saturated carbocycles. The Morgan fingerprint density at radius 1 is 1.47 bits per heavy atom. The first-order chi connectivity index (χ1) is 9.09. The molecular weight excluding hydrogens is 244 g/mol. The van der Waals surface area contributed by atoms with Crippen LogP contribution in [0.2, 0.25) is 0 Å². The number of carbonyl (C=O) groups is 1. The van der Waals surface area contributed by atoms with Crippen LogP contribution in [0.5, 0.6) is 0 Å². The summed E-state index contributed by atoms with van der Waals surface area (Å²) in [5.41, 5.74) is 4.45. The molecule has 2 aliphatic rings. The summed E-state index contributed by atoms with van der Waals surface area (Å²) in [6.07, 6.45) is 6.87. The van der Waals surface area contributed by atoms with Crippen molar-refractivity contribution in [3.05, 3.63) is 0 Å². The van der Waals surface area contributed by atoms with Gasteiger partial charge in [0.05, 0.1) is 0 Å². The van der Waals surface area contributed by atoms with E-state index >= 15 is 0 Å². The van der Waals surface area contributed by atoms with E-state index in [9.17, 15) is 4.79 Å². The summed E-state index contributed by atoms with van der Waals surface area (Å²) < 4.78 is 0. The van der Waals surface area contributed by atoms with Crippen molar-refractivity contribution in [2.24, 2.45) is 11.8 Å². The SMILES string of the molecule is CN1C(=N)NC(CNNN)(CC2CCCCC2)C1=O. The number of hydrazine groups is 2. The molecule has 1 saturated heterocycles. The first kappa shape index (κ1) is 14.2. The van der Waals surface area contributed by atoms with Gasteiger partial charge in [-0.25, -0.2) is 5.43 Å². The highest BCUT2D eigenvalue weighted by atomic mass is 16.2. The molecular formula is C12H24N6O. The van der Waals surface area contributed by atoms with Crippen molar-refractivity contribution in [3.8, 4) is 0 Å². The van der Waals surface area contributed by atoms with Gasteiger partial charge in [0.25, 0.3) is 5.91 Å². The molecule has 0 aromatic heterocycles. The summed E-state index contributed by atoms with van der Waals surface area (Å²) in [7, 11) is 1.64. The minimum absolute atomic E-state index is 0.0502. The Hall–Kier alpha value is -1.18. The van der Waals surface area contributed by atoms with Crippen LogP contribution in [0.4, 0.5) is 0 Å². The number of carbonyl (C=O) groups excluding carboxylic acids is 1. The third-order valence-corrected chi connectivity index (χ3v) is 4.26. The van der Waals surface area contributed by atoms with Crippen molar-refractivity contribution in [1.82, 2.24) is 21.2 Å². The van der Waals surface area contributed by atoms with Crippen LogP contribution in [-0.2, 0) is 4.79 Å². The van der Waals surface area contributed by atoms with Crippen molar-refractivity contribution in [2.75, 3.05) is 13.6 Å². The van der Waals surface area contributed by atoms with Crippen molar-refractivity contribution in [1.29, 1.82) is 5.41 Å². The summed E-state index contributed by atoms with van der Waals surface area (Å²) >= 11 is 0. The minimum atomic E-state index is -0.736. The average Bonchev–Trinajstić information content (AvgIpc) is 2.63. The van der Waals surface area contributed by atoms with E-state index < -0.39 is 5.54 Å². The maximum atomic E-state index is 12.4. The predicted molar refractivity (Wildman–Crippen MR) is 72.9 cm³/mol. The monoisotopic (exact) mass is 268 g/mol. The second-order valence-corrected chi connectivity index (χ2v) is 5.63. The van der Waals surface area contributed by atoms with Crippen molar-refractivity contribution in [2.45, 2.75) is 44.1 Å². The molecule has 0 aromatic carbocycles. The lowest BCUT2D eigenvalue weighted by Gasteiger charge is -2.32. The van der Waals surface area contributed by atoms with E-state index in [1.165, 1.54) is 37.0 Å². The number of nitrogens with zero attached hydrogens (tertiary/aromatic N) is 1. The van der Waals surface area contributed by atoms with Gasteiger partial charge in [0.1, 0.15) is 5.54 Å². The first-order valence-corrected chi connectivity index (χ1v) is 6.92. The number of nitrogens with two attached hydrogens (primary N) is 1. The van der Waals surface area contributed by atoms with Crippen LogP contribution < -0.4 is 22.1 Å². The van der Waals surface area contributed by atoms with E-state index in [2.05, 4.69) is 16.3 Å². The molecule has 7 nitrogen and oxygen atoms in total. The van der Waals surface area contributed by atoms with Gasteiger partial charge >= 0.3 is 0 Å². The van der Waals surface area contributed by atoms with Gasteiger partial charge in [0, 0.05) is 13.6 Å². The Balaban J connectivity index is 2.10. The van der Waals surface area contributed by atoms with Crippen molar-refractivity contribution in [3.63, 3.8) is 0 Å². The Morgan fingerprint density at radius 2 is 2.16 bits per heavy atom. The predicted octanol–water partition coefficient (Wildman–Crippen LogP) is -0.340. The van der Waals surface area contributed by atoms with Crippen molar-refractivity contribution >= 4 is 11.9 Å². The molecule has 1 aliphatic carbocycles. The fourth-order valence-corrected chi connectivity index (χ4v) is 3.20. The normalized spacial score (nSPS) is 28.8. The summed E-state index contributed by atoms with van der Waals surface area (Å²) in [5.74, 6) is 5.91. The molecule has 1 unspecified atom stereocenters. The number of nitrogens with one attached hydrogen (secondary N) is 4. The fourth-order valence-electron chi connectivity index (χ4n) is 3.20. The minimum Gasteiger partial charge on any atom is -0.341 e. The standard InChI is InChI=1S/C12H24N6O/c1-18-10(19)12(8-15-17-14,16-11(18)13)7-9-5-3-2-4-6-9/h9,15,17H,2-8,14H2,1H3,(H2,13,16). The maximum absolute atomic E-state index is 12.4. The number of guanidine groups is 1.